The van der Waals surface area contributed by atoms with Gasteiger partial charge in [0.25, 0.3) is 11.6 Å². The van der Waals surface area contributed by atoms with Crippen LogP contribution < -0.4 is 16.0 Å². The molecule has 0 bridgehead atoms. The van der Waals surface area contributed by atoms with Gasteiger partial charge in [-0.25, -0.2) is 0 Å². The third-order valence-electron chi connectivity index (χ3n) is 3.84. The molecule has 1 atom stereocenters. The molecule has 2 aromatic rings. The number of amides is 1. The molecule has 132 valence electrons. The molecule has 4 N–H and O–H groups in total. The van der Waals surface area contributed by atoms with Crippen LogP contribution in [0.3, 0.4) is 0 Å². The minimum absolute atomic E-state index is 0.0201. The van der Waals surface area contributed by atoms with E-state index in [-0.39, 0.29) is 17.6 Å². The summed E-state index contributed by atoms with van der Waals surface area (Å²) in [6, 6.07) is 16.5. The van der Waals surface area contributed by atoms with E-state index in [2.05, 4.69) is 17.6 Å². The van der Waals surface area contributed by atoms with Crippen LogP contribution in [0.5, 0.6) is 0 Å². The van der Waals surface area contributed by atoms with Gasteiger partial charge in [-0.15, -0.1) is 0 Å². The van der Waals surface area contributed by atoms with Crippen LogP contribution in [0.25, 0.3) is 0 Å². The van der Waals surface area contributed by atoms with Gasteiger partial charge < -0.3 is 16.0 Å². The van der Waals surface area contributed by atoms with Gasteiger partial charge in [-0.1, -0.05) is 30.3 Å². The molecule has 2 aromatic carbocycles. The summed E-state index contributed by atoms with van der Waals surface area (Å²) in [6.45, 7) is 3.48. The number of anilines is 1. The molecule has 1 amide bonds. The molecule has 7 heteroatoms. The number of hydrogen-bond acceptors (Lipinski definition) is 4. The molecular formula is C18H23N4O3+. The quantitative estimate of drug-likeness (QED) is 0.364. The number of nitrogens with two attached hydrogens (primary N) is 1. The van der Waals surface area contributed by atoms with E-state index in [4.69, 9.17) is 0 Å². The number of carbonyl (C=O) groups excluding carboxylic acids is 1. The maximum atomic E-state index is 11.9. The summed E-state index contributed by atoms with van der Waals surface area (Å²) in [5, 5.41) is 18.5. The number of carbonyl (C=O) groups is 1. The van der Waals surface area contributed by atoms with Crippen LogP contribution in [0.2, 0.25) is 0 Å². The van der Waals surface area contributed by atoms with Gasteiger partial charge in [0.2, 0.25) is 0 Å². The first kappa shape index (κ1) is 18.4. The fraction of sp³-hybridized carbons (Fsp3) is 0.278. The molecule has 0 heterocycles. The highest BCUT2D eigenvalue weighted by molar-refractivity contribution is 5.76. The molecule has 0 aromatic heterocycles. The van der Waals surface area contributed by atoms with Crippen molar-refractivity contribution in [2.24, 2.45) is 0 Å². The molecule has 0 aliphatic carbocycles. The number of nitrogens with one attached hydrogen (secondary N) is 2. The molecule has 0 spiro atoms. The fourth-order valence-electron chi connectivity index (χ4n) is 2.36. The normalized spacial score (nSPS) is 11.6. The summed E-state index contributed by atoms with van der Waals surface area (Å²) < 4.78 is 0. The largest absolute Gasteiger partial charge is 0.383 e. The van der Waals surface area contributed by atoms with Crippen LogP contribution in [0, 0.1) is 10.1 Å². The van der Waals surface area contributed by atoms with Crippen molar-refractivity contribution in [1.82, 2.24) is 5.32 Å². The highest BCUT2D eigenvalue weighted by Gasteiger charge is 2.10. The Bertz CT molecular complexity index is 689. The maximum absolute atomic E-state index is 11.9. The van der Waals surface area contributed by atoms with E-state index in [9.17, 15) is 14.9 Å². The lowest BCUT2D eigenvalue weighted by Crippen LogP contribution is -2.87. The van der Waals surface area contributed by atoms with Crippen LogP contribution in [-0.4, -0.2) is 30.5 Å². The molecule has 0 saturated heterocycles. The van der Waals surface area contributed by atoms with Gasteiger partial charge in [-0.2, -0.15) is 0 Å². The van der Waals surface area contributed by atoms with Crippen LogP contribution >= 0.6 is 0 Å². The monoisotopic (exact) mass is 343 g/mol. The van der Waals surface area contributed by atoms with E-state index < -0.39 is 4.92 Å². The van der Waals surface area contributed by atoms with E-state index in [1.807, 2.05) is 35.6 Å². The molecule has 0 saturated carbocycles. The Hall–Kier alpha value is -2.93. The van der Waals surface area contributed by atoms with Crippen molar-refractivity contribution in [3.63, 3.8) is 0 Å². The summed E-state index contributed by atoms with van der Waals surface area (Å²) >= 11 is 0. The van der Waals surface area contributed by atoms with Gasteiger partial charge in [-0.3, -0.25) is 14.9 Å². The van der Waals surface area contributed by atoms with Crippen molar-refractivity contribution in [3.05, 3.63) is 70.3 Å². The average Bonchev–Trinajstić information content (AvgIpc) is 2.64. The average molecular weight is 343 g/mol. The number of nitro groups is 1. The van der Waals surface area contributed by atoms with Gasteiger partial charge in [0.15, 0.2) is 6.54 Å². The van der Waals surface area contributed by atoms with Crippen LogP contribution in [0.4, 0.5) is 11.4 Å². The first-order valence-corrected chi connectivity index (χ1v) is 8.19. The zero-order valence-electron chi connectivity index (χ0n) is 14.1. The van der Waals surface area contributed by atoms with Gasteiger partial charge in [0, 0.05) is 36.5 Å². The number of benzene rings is 2. The van der Waals surface area contributed by atoms with E-state index in [1.54, 1.807) is 12.1 Å². The highest BCUT2D eigenvalue weighted by Crippen LogP contribution is 2.14. The minimum Gasteiger partial charge on any atom is -0.383 e. The Morgan fingerprint density at radius 2 is 1.80 bits per heavy atom. The van der Waals surface area contributed by atoms with E-state index in [0.717, 1.165) is 5.69 Å². The first-order valence-electron chi connectivity index (χ1n) is 8.19. The molecule has 7 nitrogen and oxygen atoms in total. The predicted octanol–water partition coefficient (Wildman–Crippen LogP) is 1.45. The molecular weight excluding hydrogens is 320 g/mol. The van der Waals surface area contributed by atoms with E-state index >= 15 is 0 Å². The number of quaternary nitrogens is 1. The lowest BCUT2D eigenvalue weighted by Gasteiger charge is -2.11. The van der Waals surface area contributed by atoms with Crippen molar-refractivity contribution < 1.29 is 15.0 Å². The van der Waals surface area contributed by atoms with E-state index in [1.165, 1.54) is 17.7 Å². The van der Waals surface area contributed by atoms with Gasteiger partial charge in [0.05, 0.1) is 4.92 Å². The first-order chi connectivity index (χ1) is 12.1. The zero-order valence-corrected chi connectivity index (χ0v) is 14.1. The molecule has 0 aliphatic rings. The Morgan fingerprint density at radius 3 is 2.44 bits per heavy atom. The summed E-state index contributed by atoms with van der Waals surface area (Å²) in [5.74, 6) is -0.0201. The second-order valence-corrected chi connectivity index (χ2v) is 5.72. The van der Waals surface area contributed by atoms with Crippen molar-refractivity contribution in [3.8, 4) is 0 Å². The summed E-state index contributed by atoms with van der Waals surface area (Å²) in [7, 11) is 0. The topological polar surface area (TPSA) is 101 Å². The second-order valence-electron chi connectivity index (χ2n) is 5.72. The van der Waals surface area contributed by atoms with Crippen molar-refractivity contribution >= 4 is 17.3 Å². The fourth-order valence-corrected chi connectivity index (χ4v) is 2.36. The number of nitrogens with zero attached hydrogens (tertiary/aromatic N) is 1. The summed E-state index contributed by atoms with van der Waals surface area (Å²) in [6.07, 6.45) is 0. The standard InChI is InChI=1S/C18H22N4O3/c1-14(15-5-3-2-4-6-15)21-13-18(23)20-12-11-19-16-7-9-17(10-8-16)22(24)25/h2-10,14,19,21H,11-13H2,1H3,(H,20,23)/p+1/t14-/m0/s1. The lowest BCUT2D eigenvalue weighted by molar-refractivity contribution is -0.682. The Morgan fingerprint density at radius 1 is 1.12 bits per heavy atom. The van der Waals surface area contributed by atoms with Gasteiger partial charge in [-0.05, 0) is 19.1 Å². The molecule has 0 radical (unpaired) electrons. The Balaban J connectivity index is 1.63. The lowest BCUT2D eigenvalue weighted by atomic mass is 10.1. The van der Waals surface area contributed by atoms with Crippen molar-refractivity contribution in [1.29, 1.82) is 0 Å². The van der Waals surface area contributed by atoms with Crippen LogP contribution in [0.15, 0.2) is 54.6 Å². The molecule has 0 fully saturated rings. The number of non-ortho nitro benzene ring substituents is 1. The third-order valence-corrected chi connectivity index (χ3v) is 3.84. The van der Waals surface area contributed by atoms with Gasteiger partial charge in [0.1, 0.15) is 6.04 Å². The highest BCUT2D eigenvalue weighted by atomic mass is 16.6. The minimum atomic E-state index is -0.434. The molecule has 0 unspecified atom stereocenters. The molecule has 0 aliphatic heterocycles. The van der Waals surface area contributed by atoms with Crippen LogP contribution in [0.1, 0.15) is 18.5 Å². The number of hydrogen-bond donors (Lipinski definition) is 3. The Kier molecular flexibility index (Phi) is 6.91. The number of rotatable bonds is 9. The van der Waals surface area contributed by atoms with E-state index in [0.29, 0.717) is 19.6 Å². The maximum Gasteiger partial charge on any atom is 0.275 e. The van der Waals surface area contributed by atoms with Gasteiger partial charge >= 0.3 is 0 Å². The van der Waals surface area contributed by atoms with Crippen molar-refractivity contribution in [2.75, 3.05) is 25.0 Å². The predicted molar refractivity (Wildman–Crippen MR) is 96.2 cm³/mol. The Labute approximate surface area is 146 Å². The SMILES string of the molecule is C[C@H]([NH2+]CC(=O)NCCNc1ccc([N+](=O)[O-])cc1)c1ccccc1. The summed E-state index contributed by atoms with van der Waals surface area (Å²) in [5.41, 5.74) is 2.03. The molecule has 2 rings (SSSR count). The van der Waals surface area contributed by atoms with Crippen LogP contribution in [-0.2, 0) is 4.79 Å². The second kappa shape index (κ2) is 9.39. The molecule has 25 heavy (non-hydrogen) atoms. The summed E-state index contributed by atoms with van der Waals surface area (Å²) in [4.78, 5) is 22.0. The third kappa shape index (κ3) is 6.23. The van der Waals surface area contributed by atoms with Crippen molar-refractivity contribution in [2.45, 2.75) is 13.0 Å². The smallest absolute Gasteiger partial charge is 0.275 e. The number of nitro benzene ring substituents is 1. The zero-order chi connectivity index (χ0) is 18.1.